The van der Waals surface area contributed by atoms with Crippen LogP contribution in [0.3, 0.4) is 0 Å². The normalized spacial score (nSPS) is 23.2. The molecule has 1 aromatic rings. The second-order valence-electron chi connectivity index (χ2n) is 4.61. The summed E-state index contributed by atoms with van der Waals surface area (Å²) in [4.78, 5) is 11.9. The number of hydrogen-bond acceptors (Lipinski definition) is 5. The van der Waals surface area contributed by atoms with Crippen molar-refractivity contribution in [2.75, 3.05) is 13.2 Å². The summed E-state index contributed by atoms with van der Waals surface area (Å²) in [5.74, 6) is -0.0725. The van der Waals surface area contributed by atoms with E-state index in [2.05, 4.69) is 15.6 Å². The predicted molar refractivity (Wildman–Crippen MR) is 64.8 cm³/mol. The molecule has 100 valence electrons. The maximum Gasteiger partial charge on any atom is 0.273 e. The average Bonchev–Trinajstić information content (AvgIpc) is 2.98. The van der Waals surface area contributed by atoms with Crippen LogP contribution in [0.2, 0.25) is 0 Å². The molecule has 0 saturated heterocycles. The molecule has 1 aromatic heterocycles. The van der Waals surface area contributed by atoms with E-state index in [-0.39, 0.29) is 24.5 Å². The lowest BCUT2D eigenvalue weighted by Gasteiger charge is -2.17. The molecule has 0 aliphatic heterocycles. The Hall–Kier alpha value is -1.47. The molecule has 0 spiro atoms. The minimum absolute atomic E-state index is 0.0437. The largest absolute Gasteiger partial charge is 0.396 e. The summed E-state index contributed by atoms with van der Waals surface area (Å²) in [5.41, 5.74) is 5.70. The monoisotopic (exact) mass is 253 g/mol. The molecular formula is C11H19N5O2. The van der Waals surface area contributed by atoms with Gasteiger partial charge in [-0.15, -0.1) is 5.10 Å². The van der Waals surface area contributed by atoms with E-state index < -0.39 is 0 Å². The molecule has 0 unspecified atom stereocenters. The van der Waals surface area contributed by atoms with Gasteiger partial charge < -0.3 is 16.2 Å². The second kappa shape index (κ2) is 5.92. The Balaban J connectivity index is 1.94. The van der Waals surface area contributed by atoms with Crippen LogP contribution in [0.15, 0.2) is 6.20 Å². The number of nitrogens with zero attached hydrogens (tertiary/aromatic N) is 3. The van der Waals surface area contributed by atoms with Crippen LogP contribution >= 0.6 is 0 Å². The quantitative estimate of drug-likeness (QED) is 0.632. The predicted octanol–water partition coefficient (Wildman–Crippen LogP) is -0.872. The van der Waals surface area contributed by atoms with Crippen LogP contribution in [0, 0.1) is 5.92 Å². The Morgan fingerprint density at radius 3 is 3.17 bits per heavy atom. The fourth-order valence-corrected chi connectivity index (χ4v) is 2.33. The van der Waals surface area contributed by atoms with Gasteiger partial charge in [0.1, 0.15) is 0 Å². The highest BCUT2D eigenvalue weighted by Crippen LogP contribution is 2.25. The Bertz CT molecular complexity index is 406. The van der Waals surface area contributed by atoms with Crippen molar-refractivity contribution in [3.05, 3.63) is 11.9 Å². The summed E-state index contributed by atoms with van der Waals surface area (Å²) in [6.45, 7) is 1.12. The van der Waals surface area contributed by atoms with Crippen LogP contribution in [-0.4, -0.2) is 45.2 Å². The number of carbonyl (C=O) groups is 1. The molecule has 7 heteroatoms. The molecule has 0 bridgehead atoms. The number of amides is 1. The standard InChI is InChI=1S/C11H19N5O2/c12-4-5-16-6-10(14-15-16)11(18)13-9-3-1-2-8(9)7-17/h6,8-9,17H,1-5,7,12H2,(H,13,18)/t8-,9-/m0/s1. The van der Waals surface area contributed by atoms with Crippen molar-refractivity contribution in [2.45, 2.75) is 31.8 Å². The zero-order valence-electron chi connectivity index (χ0n) is 10.2. The SMILES string of the molecule is NCCn1cc(C(=O)N[C@H]2CCC[C@H]2CO)nn1. The van der Waals surface area contributed by atoms with Crippen LogP contribution < -0.4 is 11.1 Å². The lowest BCUT2D eigenvalue weighted by molar-refractivity contribution is 0.0911. The molecule has 1 heterocycles. The fraction of sp³-hybridized carbons (Fsp3) is 0.727. The summed E-state index contributed by atoms with van der Waals surface area (Å²) in [6, 6.07) is 0.0437. The van der Waals surface area contributed by atoms with Gasteiger partial charge in [-0.1, -0.05) is 11.6 Å². The molecule has 18 heavy (non-hydrogen) atoms. The number of nitrogens with two attached hydrogens (primary N) is 1. The Morgan fingerprint density at radius 2 is 2.44 bits per heavy atom. The smallest absolute Gasteiger partial charge is 0.273 e. The summed E-state index contributed by atoms with van der Waals surface area (Å²) in [5, 5.41) is 19.7. The average molecular weight is 253 g/mol. The van der Waals surface area contributed by atoms with Crippen LogP contribution in [0.4, 0.5) is 0 Å². The number of aliphatic hydroxyl groups is 1. The van der Waals surface area contributed by atoms with Crippen molar-refractivity contribution in [1.29, 1.82) is 0 Å². The van der Waals surface area contributed by atoms with Crippen LogP contribution in [0.25, 0.3) is 0 Å². The van der Waals surface area contributed by atoms with E-state index in [0.717, 1.165) is 19.3 Å². The second-order valence-corrected chi connectivity index (χ2v) is 4.61. The molecule has 1 fully saturated rings. The maximum absolute atomic E-state index is 11.9. The molecule has 0 radical (unpaired) electrons. The minimum atomic E-state index is -0.233. The Kier molecular flexibility index (Phi) is 4.27. The fourth-order valence-electron chi connectivity index (χ4n) is 2.33. The number of nitrogens with one attached hydrogen (secondary N) is 1. The minimum Gasteiger partial charge on any atom is -0.396 e. The summed E-state index contributed by atoms with van der Waals surface area (Å²) < 4.78 is 1.55. The van der Waals surface area contributed by atoms with Crippen molar-refractivity contribution >= 4 is 5.91 Å². The number of carbonyl (C=O) groups excluding carboxylic acids is 1. The molecule has 1 aliphatic carbocycles. The molecule has 1 amide bonds. The maximum atomic E-state index is 11.9. The van der Waals surface area contributed by atoms with E-state index in [4.69, 9.17) is 5.73 Å². The molecule has 1 saturated carbocycles. The third-order valence-electron chi connectivity index (χ3n) is 3.34. The molecular weight excluding hydrogens is 234 g/mol. The van der Waals surface area contributed by atoms with Crippen molar-refractivity contribution < 1.29 is 9.90 Å². The highest BCUT2D eigenvalue weighted by molar-refractivity contribution is 5.92. The van der Waals surface area contributed by atoms with Gasteiger partial charge in [-0.05, 0) is 12.8 Å². The topological polar surface area (TPSA) is 106 Å². The van der Waals surface area contributed by atoms with Gasteiger partial charge in [-0.2, -0.15) is 0 Å². The van der Waals surface area contributed by atoms with E-state index >= 15 is 0 Å². The number of rotatable bonds is 5. The van der Waals surface area contributed by atoms with Crippen molar-refractivity contribution in [1.82, 2.24) is 20.3 Å². The highest BCUT2D eigenvalue weighted by atomic mass is 16.3. The molecule has 0 aromatic carbocycles. The van der Waals surface area contributed by atoms with Crippen LogP contribution in [-0.2, 0) is 6.54 Å². The first-order valence-electron chi connectivity index (χ1n) is 6.26. The van der Waals surface area contributed by atoms with Gasteiger partial charge in [-0.3, -0.25) is 9.48 Å². The van der Waals surface area contributed by atoms with E-state index in [1.807, 2.05) is 0 Å². The van der Waals surface area contributed by atoms with E-state index in [1.54, 1.807) is 10.9 Å². The summed E-state index contributed by atoms with van der Waals surface area (Å²) >= 11 is 0. The van der Waals surface area contributed by atoms with E-state index in [1.165, 1.54) is 0 Å². The molecule has 2 rings (SSSR count). The van der Waals surface area contributed by atoms with E-state index in [0.29, 0.717) is 18.8 Å². The van der Waals surface area contributed by atoms with Gasteiger partial charge in [0, 0.05) is 25.1 Å². The molecule has 1 aliphatic rings. The first-order chi connectivity index (χ1) is 8.74. The highest BCUT2D eigenvalue weighted by Gasteiger charge is 2.28. The summed E-state index contributed by atoms with van der Waals surface area (Å²) in [6.07, 6.45) is 4.50. The third-order valence-corrected chi connectivity index (χ3v) is 3.34. The molecule has 4 N–H and O–H groups in total. The number of hydrogen-bond donors (Lipinski definition) is 3. The van der Waals surface area contributed by atoms with Gasteiger partial charge in [0.05, 0.1) is 12.7 Å². The van der Waals surface area contributed by atoms with E-state index in [9.17, 15) is 9.90 Å². The number of aromatic nitrogens is 3. The molecule has 7 nitrogen and oxygen atoms in total. The van der Waals surface area contributed by atoms with Crippen LogP contribution in [0.5, 0.6) is 0 Å². The Labute approximate surface area is 105 Å². The lowest BCUT2D eigenvalue weighted by atomic mass is 10.1. The molecule has 2 atom stereocenters. The van der Waals surface area contributed by atoms with Gasteiger partial charge in [0.25, 0.3) is 5.91 Å². The lowest BCUT2D eigenvalue weighted by Crippen LogP contribution is -2.38. The van der Waals surface area contributed by atoms with Gasteiger partial charge in [0.15, 0.2) is 5.69 Å². The first-order valence-corrected chi connectivity index (χ1v) is 6.26. The Morgan fingerprint density at radius 1 is 1.61 bits per heavy atom. The van der Waals surface area contributed by atoms with Crippen molar-refractivity contribution in [2.24, 2.45) is 11.7 Å². The van der Waals surface area contributed by atoms with Crippen LogP contribution in [0.1, 0.15) is 29.8 Å². The van der Waals surface area contributed by atoms with Crippen molar-refractivity contribution in [3.8, 4) is 0 Å². The number of aliphatic hydroxyl groups excluding tert-OH is 1. The first kappa shape index (κ1) is 13.0. The summed E-state index contributed by atoms with van der Waals surface area (Å²) in [7, 11) is 0. The van der Waals surface area contributed by atoms with Gasteiger partial charge >= 0.3 is 0 Å². The third kappa shape index (κ3) is 2.85. The van der Waals surface area contributed by atoms with Gasteiger partial charge in [0.2, 0.25) is 0 Å². The van der Waals surface area contributed by atoms with Crippen molar-refractivity contribution in [3.63, 3.8) is 0 Å². The zero-order chi connectivity index (χ0) is 13.0. The zero-order valence-corrected chi connectivity index (χ0v) is 10.2. The van der Waals surface area contributed by atoms with Gasteiger partial charge in [-0.25, -0.2) is 0 Å².